The summed E-state index contributed by atoms with van der Waals surface area (Å²) in [5.74, 6) is 2.05. The molecule has 0 radical (unpaired) electrons. The second-order valence-corrected chi connectivity index (χ2v) is 3.90. The molecule has 0 N–H and O–H groups in total. The molecule has 0 amide bonds. The van der Waals surface area contributed by atoms with E-state index in [1.807, 2.05) is 6.33 Å². The minimum Gasteiger partial charge on any atom is -0.315 e. The smallest absolute Gasteiger partial charge is 0.133 e. The molecule has 1 saturated carbocycles. The maximum Gasteiger partial charge on any atom is 0.133 e. The van der Waals surface area contributed by atoms with Crippen molar-refractivity contribution in [3.63, 3.8) is 0 Å². The molecule has 1 aromatic heterocycles. The van der Waals surface area contributed by atoms with Crippen molar-refractivity contribution in [3.8, 4) is 0 Å². The van der Waals surface area contributed by atoms with Crippen molar-refractivity contribution < 1.29 is 0 Å². The minimum absolute atomic E-state index is 0.494. The summed E-state index contributed by atoms with van der Waals surface area (Å²) in [6.45, 7) is 4.33. The molecule has 0 atom stereocenters. The van der Waals surface area contributed by atoms with E-state index < -0.39 is 0 Å². The highest BCUT2D eigenvalue weighted by Crippen LogP contribution is 2.32. The van der Waals surface area contributed by atoms with Crippen molar-refractivity contribution in [2.24, 2.45) is 5.92 Å². The molecule has 12 heavy (non-hydrogen) atoms. The van der Waals surface area contributed by atoms with Crippen LogP contribution in [0.3, 0.4) is 0 Å². The number of nitrogens with zero attached hydrogens (tertiary/aromatic N) is 3. The molecule has 3 heteroatoms. The quantitative estimate of drug-likeness (QED) is 0.684. The summed E-state index contributed by atoms with van der Waals surface area (Å²) in [5.41, 5.74) is 0. The Morgan fingerprint density at radius 1 is 1.58 bits per heavy atom. The average molecular weight is 165 g/mol. The van der Waals surface area contributed by atoms with Gasteiger partial charge in [-0.3, -0.25) is 0 Å². The average Bonchev–Trinajstić information content (AvgIpc) is 2.66. The van der Waals surface area contributed by atoms with Gasteiger partial charge >= 0.3 is 0 Å². The first-order chi connectivity index (χ1) is 5.77. The molecular weight excluding hydrogens is 150 g/mol. The van der Waals surface area contributed by atoms with Crippen LogP contribution in [0.5, 0.6) is 0 Å². The fourth-order valence-corrected chi connectivity index (χ4v) is 1.42. The molecule has 3 nitrogen and oxygen atoms in total. The van der Waals surface area contributed by atoms with Gasteiger partial charge in [0.25, 0.3) is 0 Å². The summed E-state index contributed by atoms with van der Waals surface area (Å²) >= 11 is 0. The number of hydrogen-bond acceptors (Lipinski definition) is 2. The normalized spacial score (nSPS) is 17.2. The van der Waals surface area contributed by atoms with Gasteiger partial charge in [0.05, 0.1) is 0 Å². The van der Waals surface area contributed by atoms with Crippen LogP contribution in [-0.4, -0.2) is 14.8 Å². The van der Waals surface area contributed by atoms with Gasteiger partial charge in [-0.25, -0.2) is 0 Å². The molecule has 0 aromatic carbocycles. The van der Waals surface area contributed by atoms with Crippen molar-refractivity contribution in [2.45, 2.75) is 39.2 Å². The van der Waals surface area contributed by atoms with Crippen LogP contribution in [0.1, 0.15) is 38.6 Å². The molecule has 2 rings (SSSR count). The Morgan fingerprint density at radius 3 is 2.92 bits per heavy atom. The Kier molecular flexibility index (Phi) is 1.87. The molecule has 0 bridgehead atoms. The summed E-state index contributed by atoms with van der Waals surface area (Å²) < 4.78 is 2.16. The van der Waals surface area contributed by atoms with E-state index in [1.54, 1.807) is 0 Å². The molecular formula is C9H15N3. The molecule has 1 heterocycles. The lowest BCUT2D eigenvalue weighted by atomic mass is 10.2. The lowest BCUT2D eigenvalue weighted by Crippen LogP contribution is -2.05. The van der Waals surface area contributed by atoms with E-state index in [9.17, 15) is 0 Å². The van der Waals surface area contributed by atoms with Crippen LogP contribution in [-0.2, 0) is 6.42 Å². The van der Waals surface area contributed by atoms with Crippen molar-refractivity contribution in [1.82, 2.24) is 14.8 Å². The Morgan fingerprint density at radius 2 is 2.33 bits per heavy atom. The van der Waals surface area contributed by atoms with Gasteiger partial charge in [-0.2, -0.15) is 0 Å². The Labute approximate surface area is 72.8 Å². The predicted octanol–water partition coefficient (Wildman–Crippen LogP) is 1.81. The standard InChI is InChI=1S/C9H15N3/c1-7(2)12-6-10-11-9(12)5-8-3-4-8/h6-8H,3-5H2,1-2H3. The van der Waals surface area contributed by atoms with Crippen LogP contribution in [0.15, 0.2) is 6.33 Å². The van der Waals surface area contributed by atoms with Gasteiger partial charge in [0.1, 0.15) is 12.2 Å². The molecule has 0 unspecified atom stereocenters. The lowest BCUT2D eigenvalue weighted by Gasteiger charge is -2.08. The maximum atomic E-state index is 4.13. The van der Waals surface area contributed by atoms with E-state index in [-0.39, 0.29) is 0 Å². The van der Waals surface area contributed by atoms with Crippen molar-refractivity contribution >= 4 is 0 Å². The SMILES string of the molecule is CC(C)n1cnnc1CC1CC1. The second-order valence-electron chi connectivity index (χ2n) is 3.90. The topological polar surface area (TPSA) is 30.7 Å². The molecule has 1 aliphatic carbocycles. The lowest BCUT2D eigenvalue weighted by molar-refractivity contribution is 0.556. The van der Waals surface area contributed by atoms with Gasteiger partial charge in [0.2, 0.25) is 0 Å². The molecule has 1 aromatic rings. The molecule has 0 saturated heterocycles. The van der Waals surface area contributed by atoms with Crippen LogP contribution >= 0.6 is 0 Å². The highest BCUT2D eigenvalue weighted by atomic mass is 15.3. The first-order valence-corrected chi connectivity index (χ1v) is 4.65. The van der Waals surface area contributed by atoms with Gasteiger partial charge in [0.15, 0.2) is 0 Å². The van der Waals surface area contributed by atoms with Gasteiger partial charge in [-0.1, -0.05) is 0 Å². The maximum absolute atomic E-state index is 4.13. The van der Waals surface area contributed by atoms with E-state index in [0.717, 1.165) is 18.2 Å². The zero-order valence-corrected chi connectivity index (χ0v) is 7.70. The van der Waals surface area contributed by atoms with Crippen LogP contribution in [0, 0.1) is 5.92 Å². The fourth-order valence-electron chi connectivity index (χ4n) is 1.42. The number of rotatable bonds is 3. The van der Waals surface area contributed by atoms with Gasteiger partial charge < -0.3 is 4.57 Å². The highest BCUT2D eigenvalue weighted by molar-refractivity contribution is 4.93. The molecule has 0 spiro atoms. The predicted molar refractivity (Wildman–Crippen MR) is 46.8 cm³/mol. The zero-order chi connectivity index (χ0) is 8.55. The van der Waals surface area contributed by atoms with E-state index in [0.29, 0.717) is 6.04 Å². The van der Waals surface area contributed by atoms with Gasteiger partial charge in [-0.05, 0) is 32.6 Å². The van der Waals surface area contributed by atoms with Gasteiger partial charge in [0, 0.05) is 12.5 Å². The molecule has 66 valence electrons. The second kappa shape index (κ2) is 2.88. The van der Waals surface area contributed by atoms with E-state index in [2.05, 4.69) is 28.6 Å². The van der Waals surface area contributed by atoms with Crippen molar-refractivity contribution in [1.29, 1.82) is 0 Å². The third kappa shape index (κ3) is 1.49. The summed E-state index contributed by atoms with van der Waals surface area (Å²) in [6.07, 6.45) is 5.72. The summed E-state index contributed by atoms with van der Waals surface area (Å²) in [7, 11) is 0. The Balaban J connectivity index is 2.11. The minimum atomic E-state index is 0.494. The van der Waals surface area contributed by atoms with Gasteiger partial charge in [-0.15, -0.1) is 10.2 Å². The zero-order valence-electron chi connectivity index (χ0n) is 7.70. The van der Waals surface area contributed by atoms with E-state index in [1.165, 1.54) is 12.8 Å². The summed E-state index contributed by atoms with van der Waals surface area (Å²) in [6, 6.07) is 0.494. The summed E-state index contributed by atoms with van der Waals surface area (Å²) in [5, 5.41) is 8.07. The molecule has 1 fully saturated rings. The molecule has 1 aliphatic rings. The first-order valence-electron chi connectivity index (χ1n) is 4.65. The van der Waals surface area contributed by atoms with Crippen LogP contribution < -0.4 is 0 Å². The largest absolute Gasteiger partial charge is 0.315 e. The van der Waals surface area contributed by atoms with Crippen molar-refractivity contribution in [2.75, 3.05) is 0 Å². The van der Waals surface area contributed by atoms with Crippen LogP contribution in [0.2, 0.25) is 0 Å². The van der Waals surface area contributed by atoms with E-state index >= 15 is 0 Å². The third-order valence-electron chi connectivity index (χ3n) is 2.37. The number of aromatic nitrogens is 3. The van der Waals surface area contributed by atoms with Crippen molar-refractivity contribution in [3.05, 3.63) is 12.2 Å². The number of hydrogen-bond donors (Lipinski definition) is 0. The third-order valence-corrected chi connectivity index (χ3v) is 2.37. The monoisotopic (exact) mass is 165 g/mol. The van der Waals surface area contributed by atoms with Crippen LogP contribution in [0.4, 0.5) is 0 Å². The highest BCUT2D eigenvalue weighted by Gasteiger charge is 2.24. The fraction of sp³-hybridized carbons (Fsp3) is 0.778. The Bertz CT molecular complexity index is 260. The van der Waals surface area contributed by atoms with E-state index in [4.69, 9.17) is 0 Å². The van der Waals surface area contributed by atoms with Crippen LogP contribution in [0.25, 0.3) is 0 Å². The first kappa shape index (κ1) is 7.77. The summed E-state index contributed by atoms with van der Waals surface area (Å²) in [4.78, 5) is 0. The molecule has 0 aliphatic heterocycles. The Hall–Kier alpha value is -0.860.